The first-order valence-corrected chi connectivity index (χ1v) is 6.72. The van der Waals surface area contributed by atoms with Crippen LogP contribution in [0.1, 0.15) is 10.4 Å². The van der Waals surface area contributed by atoms with E-state index in [1.165, 1.54) is 34.5 Å². The first kappa shape index (κ1) is 12.8. The Morgan fingerprint density at radius 2 is 2.22 bits per heavy atom. The Morgan fingerprint density at radius 3 is 2.83 bits per heavy atom. The molecule has 1 aromatic carbocycles. The Kier molecular flexibility index (Phi) is 3.83. The van der Waals surface area contributed by atoms with Gasteiger partial charge in [-0.15, -0.1) is 0 Å². The molecule has 0 saturated carbocycles. The summed E-state index contributed by atoms with van der Waals surface area (Å²) in [6, 6.07) is 5.24. The monoisotopic (exact) mass is 280 g/mol. The highest BCUT2D eigenvalue weighted by molar-refractivity contribution is 8.01. The number of amides is 1. The van der Waals surface area contributed by atoms with Crippen molar-refractivity contribution >= 4 is 34.9 Å². The van der Waals surface area contributed by atoms with Gasteiger partial charge in [-0.25, -0.2) is 4.98 Å². The van der Waals surface area contributed by atoms with Crippen LogP contribution in [0.4, 0.5) is 5.69 Å². The molecule has 18 heavy (non-hydrogen) atoms. The Morgan fingerprint density at radius 1 is 1.44 bits per heavy atom. The molecule has 0 bridgehead atoms. The average molecular weight is 280 g/mol. The van der Waals surface area contributed by atoms with Gasteiger partial charge in [0.2, 0.25) is 0 Å². The molecule has 5 nitrogen and oxygen atoms in total. The van der Waals surface area contributed by atoms with E-state index in [1.54, 1.807) is 32.3 Å². The number of benzene rings is 1. The van der Waals surface area contributed by atoms with Gasteiger partial charge < -0.3 is 10.6 Å². The molecule has 0 spiro atoms. The average Bonchev–Trinajstić information content (AvgIpc) is 2.84. The highest BCUT2D eigenvalue weighted by atomic mass is 32.2. The van der Waals surface area contributed by atoms with Crippen LogP contribution in [0.5, 0.6) is 0 Å². The van der Waals surface area contributed by atoms with Crippen molar-refractivity contribution in [1.29, 1.82) is 0 Å². The normalized spacial score (nSPS) is 10.3. The number of aromatic nitrogens is 2. The number of carbonyl (C=O) groups excluding carboxylic acids is 1. The largest absolute Gasteiger partial charge is 0.398 e. The molecule has 0 aliphatic rings. The predicted octanol–water partition coefficient (Wildman–Crippen LogP) is 1.97. The van der Waals surface area contributed by atoms with E-state index in [4.69, 9.17) is 5.73 Å². The number of anilines is 1. The third-order valence-electron chi connectivity index (χ3n) is 2.21. The van der Waals surface area contributed by atoms with Crippen molar-refractivity contribution in [3.63, 3.8) is 0 Å². The van der Waals surface area contributed by atoms with Crippen molar-refractivity contribution in [3.8, 4) is 0 Å². The second-order valence-corrected chi connectivity index (χ2v) is 5.83. The van der Waals surface area contributed by atoms with E-state index < -0.39 is 0 Å². The molecule has 1 heterocycles. The van der Waals surface area contributed by atoms with E-state index in [0.717, 1.165) is 9.24 Å². The van der Waals surface area contributed by atoms with Crippen LogP contribution in [0.15, 0.2) is 33.8 Å². The quantitative estimate of drug-likeness (QED) is 0.870. The first-order valence-electron chi connectivity index (χ1n) is 5.13. The van der Waals surface area contributed by atoms with E-state index in [-0.39, 0.29) is 5.91 Å². The highest BCUT2D eigenvalue weighted by Gasteiger charge is 2.12. The Labute approximate surface area is 113 Å². The SMILES string of the molecule is CN(C)C(=O)c1ccc(N)c(Sc2ncns2)c1. The van der Waals surface area contributed by atoms with Gasteiger partial charge in [0.1, 0.15) is 6.33 Å². The fourth-order valence-electron chi connectivity index (χ4n) is 1.32. The third-order valence-corrected chi connectivity index (χ3v) is 3.99. The fourth-order valence-corrected chi connectivity index (χ4v) is 2.80. The minimum absolute atomic E-state index is 0.0471. The van der Waals surface area contributed by atoms with E-state index in [1.807, 2.05) is 0 Å². The summed E-state index contributed by atoms with van der Waals surface area (Å²) in [5.74, 6) is -0.0471. The molecule has 0 radical (unpaired) electrons. The van der Waals surface area contributed by atoms with Gasteiger partial charge in [0.15, 0.2) is 4.34 Å². The van der Waals surface area contributed by atoms with Crippen LogP contribution in [0.3, 0.4) is 0 Å². The number of nitrogen functional groups attached to an aromatic ring is 1. The summed E-state index contributed by atoms with van der Waals surface area (Å²) in [4.78, 5) is 18.3. The lowest BCUT2D eigenvalue weighted by atomic mass is 10.2. The Hall–Kier alpha value is -1.60. The highest BCUT2D eigenvalue weighted by Crippen LogP contribution is 2.33. The number of rotatable bonds is 3. The molecule has 0 unspecified atom stereocenters. The van der Waals surface area contributed by atoms with Crippen molar-refractivity contribution in [2.45, 2.75) is 9.24 Å². The topological polar surface area (TPSA) is 72.1 Å². The van der Waals surface area contributed by atoms with E-state index in [0.29, 0.717) is 11.3 Å². The van der Waals surface area contributed by atoms with Crippen molar-refractivity contribution in [1.82, 2.24) is 14.3 Å². The molecular formula is C11H12N4OS2. The Bertz CT molecular complexity index is 554. The molecule has 0 aliphatic carbocycles. The maximum atomic E-state index is 11.9. The van der Waals surface area contributed by atoms with Crippen LogP contribution >= 0.6 is 23.3 Å². The third kappa shape index (κ3) is 2.80. The molecule has 94 valence electrons. The van der Waals surface area contributed by atoms with E-state index in [2.05, 4.69) is 9.36 Å². The zero-order chi connectivity index (χ0) is 13.1. The van der Waals surface area contributed by atoms with Crippen LogP contribution in [0.25, 0.3) is 0 Å². The molecule has 0 saturated heterocycles. The van der Waals surface area contributed by atoms with Crippen LogP contribution < -0.4 is 5.73 Å². The molecule has 1 aromatic heterocycles. The molecular weight excluding hydrogens is 268 g/mol. The van der Waals surface area contributed by atoms with E-state index in [9.17, 15) is 4.79 Å². The molecule has 2 aromatic rings. The lowest BCUT2D eigenvalue weighted by Crippen LogP contribution is -2.21. The molecule has 2 N–H and O–H groups in total. The summed E-state index contributed by atoms with van der Waals surface area (Å²) in [7, 11) is 3.44. The lowest BCUT2D eigenvalue weighted by molar-refractivity contribution is 0.0827. The molecule has 1 amide bonds. The summed E-state index contributed by atoms with van der Waals surface area (Å²) >= 11 is 2.71. The van der Waals surface area contributed by atoms with Gasteiger partial charge in [-0.3, -0.25) is 4.79 Å². The van der Waals surface area contributed by atoms with E-state index >= 15 is 0 Å². The number of hydrogen-bond acceptors (Lipinski definition) is 6. The molecule has 0 atom stereocenters. The van der Waals surface area contributed by atoms with Gasteiger partial charge in [0.25, 0.3) is 5.91 Å². The van der Waals surface area contributed by atoms with Gasteiger partial charge in [-0.05, 0) is 29.7 Å². The second-order valence-electron chi connectivity index (χ2n) is 3.76. The summed E-state index contributed by atoms with van der Waals surface area (Å²) in [6.07, 6.45) is 1.50. The van der Waals surface area contributed by atoms with Crippen molar-refractivity contribution in [3.05, 3.63) is 30.1 Å². The molecule has 0 aliphatic heterocycles. The fraction of sp³-hybridized carbons (Fsp3) is 0.182. The smallest absolute Gasteiger partial charge is 0.253 e. The van der Waals surface area contributed by atoms with Crippen LogP contribution in [-0.4, -0.2) is 34.3 Å². The summed E-state index contributed by atoms with van der Waals surface area (Å²) < 4.78 is 4.73. The maximum Gasteiger partial charge on any atom is 0.253 e. The van der Waals surface area contributed by atoms with Gasteiger partial charge in [0, 0.05) is 30.2 Å². The summed E-state index contributed by atoms with van der Waals surface area (Å²) in [6.45, 7) is 0. The number of hydrogen-bond donors (Lipinski definition) is 1. The van der Waals surface area contributed by atoms with Crippen LogP contribution in [0.2, 0.25) is 0 Å². The number of carbonyl (C=O) groups is 1. The second kappa shape index (κ2) is 5.36. The first-order chi connectivity index (χ1) is 8.58. The zero-order valence-corrected chi connectivity index (χ0v) is 11.6. The maximum absolute atomic E-state index is 11.9. The van der Waals surface area contributed by atoms with Crippen molar-refractivity contribution < 1.29 is 4.79 Å². The summed E-state index contributed by atoms with van der Waals surface area (Å²) in [5, 5.41) is 0. The number of nitrogens with zero attached hydrogens (tertiary/aromatic N) is 3. The van der Waals surface area contributed by atoms with Gasteiger partial charge in [-0.1, -0.05) is 11.8 Å². The molecule has 0 fully saturated rings. The zero-order valence-electron chi connectivity index (χ0n) is 9.95. The Balaban J connectivity index is 2.30. The minimum Gasteiger partial charge on any atom is -0.398 e. The van der Waals surface area contributed by atoms with Crippen LogP contribution in [0, 0.1) is 0 Å². The number of nitrogens with two attached hydrogens (primary N) is 1. The molecule has 2 rings (SSSR count). The standard InChI is InChI=1S/C11H12N4OS2/c1-15(2)10(16)7-3-4-8(12)9(5-7)17-11-13-6-14-18-11/h3-6H,12H2,1-2H3. The lowest BCUT2D eigenvalue weighted by Gasteiger charge is -2.11. The minimum atomic E-state index is -0.0471. The van der Waals surface area contributed by atoms with Crippen molar-refractivity contribution in [2.24, 2.45) is 0 Å². The predicted molar refractivity (Wildman–Crippen MR) is 72.9 cm³/mol. The van der Waals surface area contributed by atoms with Gasteiger partial charge in [-0.2, -0.15) is 4.37 Å². The van der Waals surface area contributed by atoms with Crippen molar-refractivity contribution in [2.75, 3.05) is 19.8 Å². The van der Waals surface area contributed by atoms with Gasteiger partial charge in [0.05, 0.1) is 0 Å². The van der Waals surface area contributed by atoms with Gasteiger partial charge >= 0.3 is 0 Å². The summed E-state index contributed by atoms with van der Waals surface area (Å²) in [5.41, 5.74) is 7.14. The van der Waals surface area contributed by atoms with Crippen LogP contribution in [-0.2, 0) is 0 Å². The molecule has 7 heteroatoms.